The fourth-order valence-electron chi connectivity index (χ4n) is 2.10. The third-order valence-electron chi connectivity index (χ3n) is 3.36. The summed E-state index contributed by atoms with van der Waals surface area (Å²) in [6, 6.07) is 6.37. The molecule has 18 heavy (non-hydrogen) atoms. The van der Waals surface area contributed by atoms with Crippen molar-refractivity contribution in [1.29, 1.82) is 0 Å². The Morgan fingerprint density at radius 1 is 1.50 bits per heavy atom. The van der Waals surface area contributed by atoms with Gasteiger partial charge in [0.15, 0.2) is 0 Å². The highest BCUT2D eigenvalue weighted by atomic mass is 19.1. The van der Waals surface area contributed by atoms with Crippen LogP contribution in [0.3, 0.4) is 0 Å². The van der Waals surface area contributed by atoms with Gasteiger partial charge >= 0.3 is 5.97 Å². The van der Waals surface area contributed by atoms with Crippen LogP contribution in [0.25, 0.3) is 0 Å². The Morgan fingerprint density at radius 2 is 2.17 bits per heavy atom. The molecular formula is C14H18FNO2. The fourth-order valence-corrected chi connectivity index (χ4v) is 2.10. The minimum atomic E-state index is -0.835. The average Bonchev–Trinajstić information content (AvgIpc) is 3.16. The molecule has 1 aliphatic carbocycles. The van der Waals surface area contributed by atoms with Crippen molar-refractivity contribution in [1.82, 2.24) is 0 Å². The number of anilines is 1. The third kappa shape index (κ3) is 2.47. The molecule has 0 bridgehead atoms. The van der Waals surface area contributed by atoms with Crippen molar-refractivity contribution in [3.8, 4) is 0 Å². The summed E-state index contributed by atoms with van der Waals surface area (Å²) < 4.78 is 18.7. The van der Waals surface area contributed by atoms with Crippen molar-refractivity contribution < 1.29 is 13.9 Å². The van der Waals surface area contributed by atoms with Crippen molar-refractivity contribution in [2.24, 2.45) is 5.92 Å². The van der Waals surface area contributed by atoms with Gasteiger partial charge in [0.25, 0.3) is 0 Å². The van der Waals surface area contributed by atoms with E-state index in [0.29, 0.717) is 12.3 Å². The number of hydrogen-bond acceptors (Lipinski definition) is 3. The fraction of sp³-hybridized carbons (Fsp3) is 0.500. The lowest BCUT2D eigenvalue weighted by Crippen LogP contribution is -2.47. The molecule has 0 aromatic heterocycles. The maximum Gasteiger partial charge on any atom is 0.331 e. The third-order valence-corrected chi connectivity index (χ3v) is 3.36. The maximum absolute atomic E-state index is 13.6. The smallest absolute Gasteiger partial charge is 0.331 e. The van der Waals surface area contributed by atoms with E-state index in [1.165, 1.54) is 6.07 Å². The van der Waals surface area contributed by atoms with Crippen LogP contribution < -0.4 is 5.32 Å². The first-order valence-electron chi connectivity index (χ1n) is 6.28. The number of nitrogens with one attached hydrogen (secondary N) is 1. The van der Waals surface area contributed by atoms with Crippen molar-refractivity contribution in [2.45, 2.75) is 32.2 Å². The minimum Gasteiger partial charge on any atom is -0.464 e. The van der Waals surface area contributed by atoms with E-state index < -0.39 is 5.54 Å². The number of carbonyl (C=O) groups excluding carboxylic acids is 1. The number of esters is 1. The molecule has 0 amide bonds. The molecule has 0 aliphatic heterocycles. The molecule has 1 aromatic rings. The number of benzene rings is 1. The predicted molar refractivity (Wildman–Crippen MR) is 67.8 cm³/mol. The molecule has 1 N–H and O–H groups in total. The summed E-state index contributed by atoms with van der Waals surface area (Å²) in [7, 11) is 0. The number of halogens is 1. The van der Waals surface area contributed by atoms with Gasteiger partial charge < -0.3 is 10.1 Å². The maximum atomic E-state index is 13.6. The van der Waals surface area contributed by atoms with Gasteiger partial charge in [-0.25, -0.2) is 9.18 Å². The second-order valence-electron chi connectivity index (χ2n) is 4.80. The first-order valence-corrected chi connectivity index (χ1v) is 6.28. The molecule has 1 saturated carbocycles. The zero-order valence-electron chi connectivity index (χ0n) is 10.7. The van der Waals surface area contributed by atoms with Gasteiger partial charge in [0.1, 0.15) is 11.4 Å². The molecule has 0 heterocycles. The normalized spacial score (nSPS) is 17.9. The summed E-state index contributed by atoms with van der Waals surface area (Å²) in [5.41, 5.74) is -0.488. The molecule has 1 atom stereocenters. The van der Waals surface area contributed by atoms with Gasteiger partial charge in [0.05, 0.1) is 12.3 Å². The van der Waals surface area contributed by atoms with Crippen LogP contribution >= 0.6 is 0 Å². The molecule has 0 spiro atoms. The lowest BCUT2D eigenvalue weighted by Gasteiger charge is -2.29. The molecule has 4 heteroatoms. The highest BCUT2D eigenvalue weighted by Crippen LogP contribution is 2.42. The van der Waals surface area contributed by atoms with Crippen LogP contribution in [0.4, 0.5) is 10.1 Å². The summed E-state index contributed by atoms with van der Waals surface area (Å²) in [4.78, 5) is 12.1. The summed E-state index contributed by atoms with van der Waals surface area (Å²) in [5.74, 6) is -0.444. The lowest BCUT2D eigenvalue weighted by molar-refractivity contribution is -0.148. The Labute approximate surface area is 106 Å². The monoisotopic (exact) mass is 251 g/mol. The molecular weight excluding hydrogens is 233 g/mol. The number of hydrogen-bond donors (Lipinski definition) is 1. The molecule has 3 nitrogen and oxygen atoms in total. The van der Waals surface area contributed by atoms with Crippen LogP contribution in [0.15, 0.2) is 24.3 Å². The molecule has 1 aliphatic rings. The van der Waals surface area contributed by atoms with E-state index in [1.807, 2.05) is 0 Å². The van der Waals surface area contributed by atoms with Crippen molar-refractivity contribution >= 4 is 11.7 Å². The van der Waals surface area contributed by atoms with Crippen LogP contribution in [0.5, 0.6) is 0 Å². The summed E-state index contributed by atoms with van der Waals surface area (Å²) in [5, 5.41) is 3.02. The highest BCUT2D eigenvalue weighted by molar-refractivity contribution is 5.85. The Morgan fingerprint density at radius 3 is 2.72 bits per heavy atom. The zero-order valence-corrected chi connectivity index (χ0v) is 10.7. The first-order chi connectivity index (χ1) is 8.58. The average molecular weight is 251 g/mol. The Balaban J connectivity index is 2.21. The van der Waals surface area contributed by atoms with Crippen LogP contribution in [0.1, 0.15) is 26.7 Å². The summed E-state index contributed by atoms with van der Waals surface area (Å²) in [6.07, 6.45) is 1.94. The number of carbonyl (C=O) groups is 1. The quantitative estimate of drug-likeness (QED) is 0.818. The van der Waals surface area contributed by atoms with Gasteiger partial charge in [0.2, 0.25) is 0 Å². The first kappa shape index (κ1) is 12.9. The van der Waals surface area contributed by atoms with E-state index in [9.17, 15) is 9.18 Å². The summed E-state index contributed by atoms with van der Waals surface area (Å²) in [6.45, 7) is 3.89. The van der Waals surface area contributed by atoms with Crippen LogP contribution in [0, 0.1) is 11.7 Å². The second-order valence-corrected chi connectivity index (χ2v) is 4.80. The second kappa shape index (κ2) is 4.96. The Kier molecular flexibility index (Phi) is 3.55. The highest BCUT2D eigenvalue weighted by Gasteiger charge is 2.48. The van der Waals surface area contributed by atoms with Gasteiger partial charge in [-0.15, -0.1) is 0 Å². The van der Waals surface area contributed by atoms with E-state index in [-0.39, 0.29) is 17.7 Å². The number of ether oxygens (including phenoxy) is 1. The van der Waals surface area contributed by atoms with Crippen molar-refractivity contribution in [3.63, 3.8) is 0 Å². The molecule has 1 unspecified atom stereocenters. The van der Waals surface area contributed by atoms with Crippen LogP contribution in [0.2, 0.25) is 0 Å². The number of para-hydroxylation sites is 1. The van der Waals surface area contributed by atoms with E-state index >= 15 is 0 Å². The van der Waals surface area contributed by atoms with Gasteiger partial charge in [-0.3, -0.25) is 0 Å². The van der Waals surface area contributed by atoms with E-state index in [2.05, 4.69) is 5.32 Å². The molecule has 1 fully saturated rings. The molecule has 98 valence electrons. The Hall–Kier alpha value is -1.58. The van der Waals surface area contributed by atoms with Gasteiger partial charge in [0, 0.05) is 0 Å². The molecule has 1 aromatic carbocycles. The molecule has 2 rings (SSSR count). The van der Waals surface area contributed by atoms with E-state index in [0.717, 1.165) is 12.8 Å². The predicted octanol–water partition coefficient (Wildman–Crippen LogP) is 2.97. The lowest BCUT2D eigenvalue weighted by atomic mass is 9.95. The largest absolute Gasteiger partial charge is 0.464 e. The van der Waals surface area contributed by atoms with Crippen LogP contribution in [-0.4, -0.2) is 18.1 Å². The SMILES string of the molecule is CCOC(=O)C(C)(Nc1ccccc1F)C1CC1. The van der Waals surface area contributed by atoms with Crippen molar-refractivity contribution in [2.75, 3.05) is 11.9 Å². The standard InChI is InChI=1S/C14H18FNO2/c1-3-18-13(17)14(2,10-8-9-10)16-12-7-5-4-6-11(12)15/h4-7,10,16H,3,8-9H2,1-2H3. The van der Waals surface area contributed by atoms with E-state index in [1.54, 1.807) is 32.0 Å². The van der Waals surface area contributed by atoms with Crippen molar-refractivity contribution in [3.05, 3.63) is 30.1 Å². The summed E-state index contributed by atoms with van der Waals surface area (Å²) >= 11 is 0. The Bertz CT molecular complexity index is 445. The van der Waals surface area contributed by atoms with Gasteiger partial charge in [-0.1, -0.05) is 12.1 Å². The molecule has 0 radical (unpaired) electrons. The topological polar surface area (TPSA) is 38.3 Å². The van der Waals surface area contributed by atoms with Crippen LogP contribution in [-0.2, 0) is 9.53 Å². The zero-order chi connectivity index (χ0) is 13.2. The van der Waals surface area contributed by atoms with E-state index in [4.69, 9.17) is 4.74 Å². The van der Waals surface area contributed by atoms with Gasteiger partial charge in [-0.05, 0) is 44.7 Å². The minimum absolute atomic E-state index is 0.219. The van der Waals surface area contributed by atoms with Gasteiger partial charge in [-0.2, -0.15) is 0 Å². The molecule has 0 saturated heterocycles. The number of rotatable bonds is 5.